The lowest BCUT2D eigenvalue weighted by molar-refractivity contribution is -0.138. The van der Waals surface area contributed by atoms with Crippen LogP contribution in [0.5, 0.6) is 0 Å². The molecule has 1 aromatic carbocycles. The first kappa shape index (κ1) is 15.4. The highest BCUT2D eigenvalue weighted by molar-refractivity contribution is 5.99. The normalized spacial score (nSPS) is 17.6. The molecule has 1 atom stereocenters. The van der Waals surface area contributed by atoms with Gasteiger partial charge in [-0.1, -0.05) is 6.07 Å². The molecule has 2 rings (SSSR count). The van der Waals surface area contributed by atoms with E-state index in [1.807, 2.05) is 26.0 Å². The fourth-order valence-electron chi connectivity index (χ4n) is 2.64. The van der Waals surface area contributed by atoms with Crippen LogP contribution in [0.25, 0.3) is 0 Å². The number of rotatable bonds is 1. The topological polar surface area (TPSA) is 66.8 Å². The van der Waals surface area contributed by atoms with Gasteiger partial charge in [0.1, 0.15) is 11.6 Å². The van der Waals surface area contributed by atoms with Crippen molar-refractivity contribution < 1.29 is 19.4 Å². The predicted octanol–water partition coefficient (Wildman–Crippen LogP) is 3.05. The Labute approximate surface area is 124 Å². The summed E-state index contributed by atoms with van der Waals surface area (Å²) in [7, 11) is 0. The third kappa shape index (κ3) is 3.01. The number of carbonyl (C=O) groups excluding carboxylic acids is 1. The number of hydrogen-bond acceptors (Lipinski definition) is 3. The van der Waals surface area contributed by atoms with Crippen molar-refractivity contribution in [2.24, 2.45) is 0 Å². The van der Waals surface area contributed by atoms with Gasteiger partial charge >= 0.3 is 12.1 Å². The molecule has 0 aliphatic carbocycles. The molecule has 5 heteroatoms. The lowest BCUT2D eigenvalue weighted by Gasteiger charge is -2.27. The van der Waals surface area contributed by atoms with Gasteiger partial charge in [0.2, 0.25) is 0 Å². The number of benzene rings is 1. The number of amides is 1. The molecule has 0 fully saturated rings. The van der Waals surface area contributed by atoms with Gasteiger partial charge in [0.25, 0.3) is 0 Å². The number of ether oxygens (including phenoxy) is 1. The zero-order valence-electron chi connectivity index (χ0n) is 13.1. The number of fused-ring (bicyclic) bond motifs is 1. The van der Waals surface area contributed by atoms with Gasteiger partial charge in [-0.15, -0.1) is 0 Å². The van der Waals surface area contributed by atoms with E-state index >= 15 is 0 Å². The maximum absolute atomic E-state index is 12.4. The maximum atomic E-state index is 12.4. The lowest BCUT2D eigenvalue weighted by atomic mass is 10.0. The third-order valence-corrected chi connectivity index (χ3v) is 3.44. The van der Waals surface area contributed by atoms with Crippen molar-refractivity contribution in [2.75, 3.05) is 4.90 Å². The molecule has 5 nitrogen and oxygen atoms in total. The summed E-state index contributed by atoms with van der Waals surface area (Å²) in [5.41, 5.74) is 2.88. The molecule has 0 spiro atoms. The van der Waals surface area contributed by atoms with Crippen LogP contribution >= 0.6 is 0 Å². The van der Waals surface area contributed by atoms with Gasteiger partial charge in [-0.3, -0.25) is 4.90 Å². The van der Waals surface area contributed by atoms with Crippen LogP contribution in [-0.2, 0) is 16.0 Å². The predicted molar refractivity (Wildman–Crippen MR) is 79.8 cm³/mol. The molecule has 1 aliphatic heterocycles. The van der Waals surface area contributed by atoms with Crippen molar-refractivity contribution in [3.05, 3.63) is 28.8 Å². The summed E-state index contributed by atoms with van der Waals surface area (Å²) in [6, 6.07) is 2.93. The number of hydrogen-bond donors (Lipinski definition) is 1. The monoisotopic (exact) mass is 291 g/mol. The molecule has 0 saturated heterocycles. The Morgan fingerprint density at radius 3 is 2.43 bits per heavy atom. The number of aryl methyl sites for hydroxylation is 2. The summed E-state index contributed by atoms with van der Waals surface area (Å²) in [4.78, 5) is 25.2. The smallest absolute Gasteiger partial charge is 0.415 e. The summed E-state index contributed by atoms with van der Waals surface area (Å²) in [6.45, 7) is 9.15. The molecule has 0 radical (unpaired) electrons. The number of anilines is 1. The van der Waals surface area contributed by atoms with Gasteiger partial charge in [0.05, 0.1) is 5.69 Å². The molecule has 21 heavy (non-hydrogen) atoms. The largest absolute Gasteiger partial charge is 0.480 e. The minimum absolute atomic E-state index is 0.315. The van der Waals surface area contributed by atoms with E-state index in [4.69, 9.17) is 4.74 Å². The average molecular weight is 291 g/mol. The van der Waals surface area contributed by atoms with Crippen LogP contribution in [0.15, 0.2) is 12.1 Å². The summed E-state index contributed by atoms with van der Waals surface area (Å²) in [5.74, 6) is -1.02. The fraction of sp³-hybridized carbons (Fsp3) is 0.500. The highest BCUT2D eigenvalue weighted by atomic mass is 16.6. The zero-order chi connectivity index (χ0) is 15.9. The Balaban J connectivity index is 2.47. The molecular formula is C16H21NO4. The molecule has 1 aliphatic rings. The summed E-state index contributed by atoms with van der Waals surface area (Å²) >= 11 is 0. The minimum Gasteiger partial charge on any atom is -0.480 e. The van der Waals surface area contributed by atoms with Crippen LogP contribution in [0.2, 0.25) is 0 Å². The Kier molecular flexibility index (Phi) is 3.70. The van der Waals surface area contributed by atoms with E-state index in [0.29, 0.717) is 12.1 Å². The standard InChI is InChI=1S/C16H21NO4/c1-9-6-10(2)11-8-13(14(18)19)17(12(11)7-9)15(20)21-16(3,4)5/h6-7,13H,8H2,1-5H3,(H,18,19). The van der Waals surface area contributed by atoms with E-state index in [1.165, 1.54) is 4.90 Å². The van der Waals surface area contributed by atoms with Crippen LogP contribution in [0.1, 0.15) is 37.5 Å². The molecule has 0 aromatic heterocycles. The van der Waals surface area contributed by atoms with Crippen LogP contribution in [0.4, 0.5) is 10.5 Å². The third-order valence-electron chi connectivity index (χ3n) is 3.44. The molecule has 1 amide bonds. The van der Waals surface area contributed by atoms with E-state index in [-0.39, 0.29) is 0 Å². The van der Waals surface area contributed by atoms with Crippen molar-refractivity contribution in [2.45, 2.75) is 52.7 Å². The van der Waals surface area contributed by atoms with Gasteiger partial charge in [-0.2, -0.15) is 0 Å². The number of carbonyl (C=O) groups is 2. The maximum Gasteiger partial charge on any atom is 0.415 e. The van der Waals surface area contributed by atoms with E-state index in [0.717, 1.165) is 16.7 Å². The molecule has 0 bridgehead atoms. The second-order valence-electron chi connectivity index (χ2n) is 6.49. The fourth-order valence-corrected chi connectivity index (χ4v) is 2.64. The molecule has 1 N–H and O–H groups in total. The molecule has 1 heterocycles. The highest BCUT2D eigenvalue weighted by Crippen LogP contribution is 2.36. The summed E-state index contributed by atoms with van der Waals surface area (Å²) < 4.78 is 5.36. The van der Waals surface area contributed by atoms with Crippen molar-refractivity contribution in [1.82, 2.24) is 0 Å². The van der Waals surface area contributed by atoms with Crippen molar-refractivity contribution in [3.8, 4) is 0 Å². The Bertz CT molecular complexity index is 601. The van der Waals surface area contributed by atoms with Gasteiger partial charge in [-0.05, 0) is 57.4 Å². The van der Waals surface area contributed by atoms with Crippen LogP contribution in [0.3, 0.4) is 0 Å². The van der Waals surface area contributed by atoms with E-state index in [2.05, 4.69) is 0 Å². The van der Waals surface area contributed by atoms with Gasteiger partial charge in [0, 0.05) is 6.42 Å². The van der Waals surface area contributed by atoms with Crippen molar-refractivity contribution in [3.63, 3.8) is 0 Å². The summed E-state index contributed by atoms with van der Waals surface area (Å²) in [5, 5.41) is 9.41. The molecule has 0 saturated carbocycles. The molecule has 1 aromatic rings. The minimum atomic E-state index is -1.02. The van der Waals surface area contributed by atoms with Gasteiger partial charge < -0.3 is 9.84 Å². The van der Waals surface area contributed by atoms with Crippen LogP contribution in [-0.4, -0.2) is 28.8 Å². The number of aliphatic carboxylic acids is 1. The van der Waals surface area contributed by atoms with Crippen molar-refractivity contribution in [1.29, 1.82) is 0 Å². The van der Waals surface area contributed by atoms with Crippen LogP contribution in [0, 0.1) is 13.8 Å². The molecular weight excluding hydrogens is 270 g/mol. The number of nitrogens with zero attached hydrogens (tertiary/aromatic N) is 1. The first-order valence-corrected chi connectivity index (χ1v) is 6.95. The lowest BCUT2D eigenvalue weighted by Crippen LogP contribution is -2.45. The first-order valence-electron chi connectivity index (χ1n) is 6.95. The Morgan fingerprint density at radius 2 is 1.90 bits per heavy atom. The second-order valence-corrected chi connectivity index (χ2v) is 6.49. The Hall–Kier alpha value is -2.04. The van der Waals surface area contributed by atoms with E-state index < -0.39 is 23.7 Å². The number of carboxylic acids is 1. The number of carboxylic acid groups (broad SMARTS) is 1. The average Bonchev–Trinajstić information content (AvgIpc) is 2.66. The van der Waals surface area contributed by atoms with Gasteiger partial charge in [-0.25, -0.2) is 9.59 Å². The summed E-state index contributed by atoms with van der Waals surface area (Å²) in [6.07, 6.45) is -0.297. The van der Waals surface area contributed by atoms with Crippen LogP contribution < -0.4 is 4.90 Å². The van der Waals surface area contributed by atoms with Crippen molar-refractivity contribution >= 4 is 17.7 Å². The molecule has 1 unspecified atom stereocenters. The quantitative estimate of drug-likeness (QED) is 0.863. The van der Waals surface area contributed by atoms with Gasteiger partial charge in [0.15, 0.2) is 0 Å². The van der Waals surface area contributed by atoms with E-state index in [9.17, 15) is 14.7 Å². The SMILES string of the molecule is Cc1cc(C)c2c(c1)N(C(=O)OC(C)(C)C)C(C(=O)O)C2. The Morgan fingerprint density at radius 1 is 1.29 bits per heavy atom. The second kappa shape index (κ2) is 5.06. The zero-order valence-corrected chi connectivity index (χ0v) is 13.1. The molecule has 114 valence electrons. The highest BCUT2D eigenvalue weighted by Gasteiger charge is 2.41. The van der Waals surface area contributed by atoms with E-state index in [1.54, 1.807) is 20.8 Å². The first-order chi connectivity index (χ1) is 9.60.